The number of nitro groups is 1. The van der Waals surface area contributed by atoms with Crippen molar-refractivity contribution >= 4 is 17.8 Å². The van der Waals surface area contributed by atoms with Crippen molar-refractivity contribution in [3.63, 3.8) is 0 Å². The van der Waals surface area contributed by atoms with Crippen molar-refractivity contribution in [3.8, 4) is 0 Å². The minimum Gasteiger partial charge on any atom is -0.273 e. The van der Waals surface area contributed by atoms with Crippen LogP contribution in [0.15, 0.2) is 29.4 Å². The van der Waals surface area contributed by atoms with Gasteiger partial charge in [0, 0.05) is 36.2 Å². The second-order valence-corrected chi connectivity index (χ2v) is 5.71. The number of hydrazine groups is 1. The van der Waals surface area contributed by atoms with Gasteiger partial charge in [-0.1, -0.05) is 12.1 Å². The number of rotatable bonds is 6. The fourth-order valence-corrected chi connectivity index (χ4v) is 2.66. The number of hydrogen-bond donors (Lipinski definition) is 3. The highest BCUT2D eigenvalue weighted by Gasteiger charge is 2.29. The molecule has 1 amide bonds. The zero-order chi connectivity index (χ0) is 16.8. The first-order valence-corrected chi connectivity index (χ1v) is 7.55. The van der Waals surface area contributed by atoms with Crippen LogP contribution in [0.5, 0.6) is 0 Å². The molecule has 8 heteroatoms. The van der Waals surface area contributed by atoms with Crippen LogP contribution in [0.25, 0.3) is 0 Å². The predicted octanol–water partition coefficient (Wildman–Crippen LogP) is 1.33. The molecule has 0 radical (unpaired) electrons. The number of non-ortho nitro benzene ring substituents is 1. The fourth-order valence-electron chi connectivity index (χ4n) is 2.66. The maximum absolute atomic E-state index is 11.8. The average Bonchev–Trinajstić information content (AvgIpc) is 2.84. The van der Waals surface area contributed by atoms with E-state index in [1.165, 1.54) is 18.3 Å². The summed E-state index contributed by atoms with van der Waals surface area (Å²) in [6.45, 7) is 4.17. The van der Waals surface area contributed by atoms with Gasteiger partial charge in [-0.25, -0.2) is 5.43 Å². The van der Waals surface area contributed by atoms with Crippen LogP contribution in [0.1, 0.15) is 32.3 Å². The molecule has 3 N–H and O–H groups in total. The quantitative estimate of drug-likeness (QED) is 0.416. The summed E-state index contributed by atoms with van der Waals surface area (Å²) in [5, 5.41) is 14.5. The maximum Gasteiger partial charge on any atom is 0.270 e. The molecule has 2 unspecified atom stereocenters. The van der Waals surface area contributed by atoms with Gasteiger partial charge in [-0.15, -0.1) is 0 Å². The number of nitro benzene ring substituents is 1. The van der Waals surface area contributed by atoms with Crippen molar-refractivity contribution in [2.45, 2.75) is 38.8 Å². The Kier molecular flexibility index (Phi) is 5.78. The molecule has 124 valence electrons. The highest BCUT2D eigenvalue weighted by atomic mass is 16.6. The van der Waals surface area contributed by atoms with Gasteiger partial charge in [0.15, 0.2) is 0 Å². The van der Waals surface area contributed by atoms with Crippen molar-refractivity contribution < 1.29 is 9.72 Å². The molecule has 0 saturated carbocycles. The molecule has 1 saturated heterocycles. The van der Waals surface area contributed by atoms with Gasteiger partial charge in [-0.05, 0) is 26.2 Å². The van der Waals surface area contributed by atoms with E-state index in [2.05, 4.69) is 35.2 Å². The molecule has 2 rings (SSSR count). The van der Waals surface area contributed by atoms with Crippen molar-refractivity contribution in [2.75, 3.05) is 0 Å². The fraction of sp³-hybridized carbons (Fsp3) is 0.467. The summed E-state index contributed by atoms with van der Waals surface area (Å²) < 4.78 is 0. The van der Waals surface area contributed by atoms with Gasteiger partial charge in [-0.2, -0.15) is 5.10 Å². The zero-order valence-electron chi connectivity index (χ0n) is 13.2. The van der Waals surface area contributed by atoms with E-state index in [4.69, 9.17) is 0 Å². The Labute approximate surface area is 134 Å². The number of benzene rings is 1. The SMILES string of the molecule is CC1NNC(C)C1CCC(=O)N/N=C/c1cccc([N+](=O)[O-])c1. The molecule has 8 nitrogen and oxygen atoms in total. The van der Waals surface area contributed by atoms with Gasteiger partial charge in [0.2, 0.25) is 5.91 Å². The molecular formula is C15H21N5O3. The predicted molar refractivity (Wildman–Crippen MR) is 86.8 cm³/mol. The van der Waals surface area contributed by atoms with Gasteiger partial charge in [-0.3, -0.25) is 25.8 Å². The van der Waals surface area contributed by atoms with Crippen LogP contribution in [0.4, 0.5) is 5.69 Å². The first kappa shape index (κ1) is 17.0. The van der Waals surface area contributed by atoms with E-state index in [-0.39, 0.29) is 11.6 Å². The number of hydrogen-bond acceptors (Lipinski definition) is 6. The lowest BCUT2D eigenvalue weighted by atomic mass is 9.91. The molecule has 1 aromatic rings. The molecule has 23 heavy (non-hydrogen) atoms. The number of amides is 1. The van der Waals surface area contributed by atoms with Crippen molar-refractivity contribution in [2.24, 2.45) is 11.0 Å². The second-order valence-electron chi connectivity index (χ2n) is 5.71. The first-order valence-electron chi connectivity index (χ1n) is 7.55. The molecule has 0 aromatic heterocycles. The normalized spacial score (nSPS) is 24.0. The number of nitrogens with zero attached hydrogens (tertiary/aromatic N) is 2. The van der Waals surface area contributed by atoms with Crippen molar-refractivity contribution in [3.05, 3.63) is 39.9 Å². The van der Waals surface area contributed by atoms with Crippen LogP contribution < -0.4 is 16.3 Å². The maximum atomic E-state index is 11.8. The molecule has 2 atom stereocenters. The highest BCUT2D eigenvalue weighted by molar-refractivity contribution is 5.83. The topological polar surface area (TPSA) is 109 Å². The number of carbonyl (C=O) groups excluding carboxylic acids is 1. The molecule has 1 aromatic carbocycles. The van der Waals surface area contributed by atoms with E-state index in [0.29, 0.717) is 30.0 Å². The van der Waals surface area contributed by atoms with Gasteiger partial charge in [0.05, 0.1) is 11.1 Å². The Morgan fingerprint density at radius 3 is 2.74 bits per heavy atom. The lowest BCUT2D eigenvalue weighted by Crippen LogP contribution is -2.30. The summed E-state index contributed by atoms with van der Waals surface area (Å²) in [6, 6.07) is 6.71. The summed E-state index contributed by atoms with van der Waals surface area (Å²) in [6.07, 6.45) is 2.55. The standard InChI is InChI=1S/C15H21N5O3/c1-10-14(11(2)18-17-10)6-7-15(21)19-16-9-12-4-3-5-13(8-12)20(22)23/h3-5,8-11,14,17-18H,6-7H2,1-2H3,(H,19,21)/b16-9+. The van der Waals surface area contributed by atoms with Crippen molar-refractivity contribution in [1.29, 1.82) is 0 Å². The Balaban J connectivity index is 1.80. The van der Waals surface area contributed by atoms with Crippen LogP contribution in [0.2, 0.25) is 0 Å². The van der Waals surface area contributed by atoms with E-state index in [9.17, 15) is 14.9 Å². The van der Waals surface area contributed by atoms with E-state index in [1.54, 1.807) is 12.1 Å². The third kappa shape index (κ3) is 4.83. The summed E-state index contributed by atoms with van der Waals surface area (Å²) in [7, 11) is 0. The Hall–Kier alpha value is -2.32. The average molecular weight is 319 g/mol. The first-order chi connectivity index (χ1) is 11.0. The Morgan fingerprint density at radius 2 is 2.09 bits per heavy atom. The number of hydrazone groups is 1. The summed E-state index contributed by atoms with van der Waals surface area (Å²) in [4.78, 5) is 22.0. The summed E-state index contributed by atoms with van der Waals surface area (Å²) in [5.41, 5.74) is 9.32. The van der Waals surface area contributed by atoms with Crippen LogP contribution in [-0.4, -0.2) is 29.1 Å². The van der Waals surface area contributed by atoms with E-state index < -0.39 is 4.92 Å². The number of nitrogens with one attached hydrogen (secondary N) is 3. The van der Waals surface area contributed by atoms with Gasteiger partial charge in [0.1, 0.15) is 0 Å². The van der Waals surface area contributed by atoms with Gasteiger partial charge in [0.25, 0.3) is 5.69 Å². The lowest BCUT2D eigenvalue weighted by Gasteiger charge is -2.16. The minimum absolute atomic E-state index is 0.00974. The lowest BCUT2D eigenvalue weighted by molar-refractivity contribution is -0.384. The molecule has 1 fully saturated rings. The Bertz CT molecular complexity index is 595. The molecule has 1 heterocycles. The van der Waals surface area contributed by atoms with Gasteiger partial charge >= 0.3 is 0 Å². The number of carbonyl (C=O) groups is 1. The van der Waals surface area contributed by atoms with Crippen LogP contribution in [-0.2, 0) is 4.79 Å². The smallest absolute Gasteiger partial charge is 0.270 e. The third-order valence-corrected chi connectivity index (χ3v) is 4.01. The van der Waals surface area contributed by atoms with Crippen LogP contribution in [0.3, 0.4) is 0 Å². The van der Waals surface area contributed by atoms with Crippen LogP contribution >= 0.6 is 0 Å². The largest absolute Gasteiger partial charge is 0.273 e. The monoisotopic (exact) mass is 319 g/mol. The second kappa shape index (κ2) is 7.80. The minimum atomic E-state index is -0.470. The third-order valence-electron chi connectivity index (χ3n) is 4.01. The zero-order valence-corrected chi connectivity index (χ0v) is 13.2. The summed E-state index contributed by atoms with van der Waals surface area (Å²) in [5.74, 6) is 0.222. The van der Waals surface area contributed by atoms with Crippen molar-refractivity contribution in [1.82, 2.24) is 16.3 Å². The molecule has 0 aliphatic carbocycles. The Morgan fingerprint density at radius 1 is 1.39 bits per heavy atom. The van der Waals surface area contributed by atoms with E-state index in [1.807, 2.05) is 0 Å². The molecule has 0 bridgehead atoms. The van der Waals surface area contributed by atoms with Gasteiger partial charge < -0.3 is 0 Å². The molecule has 1 aliphatic rings. The molecule has 1 aliphatic heterocycles. The molecule has 0 spiro atoms. The highest BCUT2D eigenvalue weighted by Crippen LogP contribution is 2.19. The van der Waals surface area contributed by atoms with E-state index >= 15 is 0 Å². The summed E-state index contributed by atoms with van der Waals surface area (Å²) >= 11 is 0. The van der Waals surface area contributed by atoms with E-state index in [0.717, 1.165) is 6.42 Å². The van der Waals surface area contributed by atoms with Crippen LogP contribution in [0, 0.1) is 16.0 Å². The molecular weight excluding hydrogens is 298 g/mol.